The van der Waals surface area contributed by atoms with Crippen LogP contribution in [0, 0.1) is 10.1 Å². The maximum absolute atomic E-state index is 12.3. The first kappa shape index (κ1) is 24.7. The number of hydrogen-bond acceptors (Lipinski definition) is 9. The van der Waals surface area contributed by atoms with Gasteiger partial charge in [-0.3, -0.25) is 19.9 Å². The summed E-state index contributed by atoms with van der Waals surface area (Å²) < 4.78 is 1.54. The second-order valence-corrected chi connectivity index (χ2v) is 8.46. The first-order valence-electron chi connectivity index (χ1n) is 10.3. The monoisotopic (exact) mass is 520 g/mol. The van der Waals surface area contributed by atoms with Crippen LogP contribution in [0.4, 0.5) is 5.69 Å². The number of carbonyl (C=O) groups excluding carboxylic acids is 1. The van der Waals surface area contributed by atoms with Gasteiger partial charge in [-0.2, -0.15) is 14.9 Å². The topological polar surface area (TPSA) is 141 Å². The summed E-state index contributed by atoms with van der Waals surface area (Å²) in [5, 5.41) is 28.6. The minimum absolute atomic E-state index is 0.00252. The highest BCUT2D eigenvalue weighted by Gasteiger charge is 2.15. The molecule has 0 spiro atoms. The van der Waals surface area contributed by atoms with Crippen LogP contribution in [0.5, 0.6) is 0 Å². The van der Waals surface area contributed by atoms with Gasteiger partial charge in [0.25, 0.3) is 11.6 Å². The molecule has 11 nitrogen and oxygen atoms in total. The summed E-state index contributed by atoms with van der Waals surface area (Å²) in [4.78, 5) is 26.6. The number of aromatic nitrogens is 4. The third-order valence-corrected chi connectivity index (χ3v) is 5.75. The van der Waals surface area contributed by atoms with Crippen molar-refractivity contribution in [1.82, 2.24) is 25.3 Å². The SMILES string of the molecule is O=C(CSc1nnc(-c2ccncc2)n1N=Cc1ccc(Cl)cc1)NN=Cc1ccc([N+](=O)[O-])cc1. The Bertz CT molecular complexity index is 1410. The zero-order chi connectivity index (χ0) is 25.3. The molecule has 0 bridgehead atoms. The molecule has 36 heavy (non-hydrogen) atoms. The Labute approximate surface area is 214 Å². The second kappa shape index (κ2) is 11.8. The van der Waals surface area contributed by atoms with Gasteiger partial charge in [-0.05, 0) is 47.5 Å². The molecule has 0 saturated heterocycles. The summed E-state index contributed by atoms with van der Waals surface area (Å²) >= 11 is 7.09. The molecular formula is C23H17ClN8O3S. The molecule has 2 aromatic heterocycles. The van der Waals surface area contributed by atoms with Crippen LogP contribution >= 0.6 is 23.4 Å². The van der Waals surface area contributed by atoms with E-state index in [2.05, 4.69) is 30.8 Å². The van der Waals surface area contributed by atoms with Crippen LogP contribution in [-0.2, 0) is 4.79 Å². The van der Waals surface area contributed by atoms with Gasteiger partial charge in [0.15, 0.2) is 5.82 Å². The molecule has 2 heterocycles. The maximum Gasteiger partial charge on any atom is 0.269 e. The fourth-order valence-corrected chi connectivity index (χ4v) is 3.64. The van der Waals surface area contributed by atoms with Crippen molar-refractivity contribution in [1.29, 1.82) is 0 Å². The number of hydrazone groups is 1. The summed E-state index contributed by atoms with van der Waals surface area (Å²) in [5.41, 5.74) is 4.58. The number of nitrogens with zero attached hydrogens (tertiary/aromatic N) is 7. The molecule has 0 aliphatic rings. The molecule has 4 rings (SSSR count). The lowest BCUT2D eigenvalue weighted by Crippen LogP contribution is -2.19. The van der Waals surface area contributed by atoms with Gasteiger partial charge in [-0.15, -0.1) is 10.2 Å². The molecule has 2 aromatic carbocycles. The standard InChI is InChI=1S/C23H17ClN8O3S/c24-19-5-1-17(2-6-19)14-27-31-22(18-9-11-25-12-10-18)29-30-23(31)36-15-21(33)28-26-13-16-3-7-20(8-4-16)32(34)35/h1-14H,15H2,(H,28,33). The van der Waals surface area contributed by atoms with E-state index >= 15 is 0 Å². The van der Waals surface area contributed by atoms with Crippen molar-refractivity contribution in [3.63, 3.8) is 0 Å². The highest BCUT2D eigenvalue weighted by molar-refractivity contribution is 7.99. The first-order chi connectivity index (χ1) is 17.5. The Morgan fingerprint density at radius 3 is 2.39 bits per heavy atom. The summed E-state index contributed by atoms with van der Waals surface area (Å²) in [5.74, 6) is 0.115. The van der Waals surface area contributed by atoms with Gasteiger partial charge in [-0.1, -0.05) is 35.5 Å². The van der Waals surface area contributed by atoms with Crippen LogP contribution in [0.2, 0.25) is 5.02 Å². The van der Waals surface area contributed by atoms with E-state index in [1.54, 1.807) is 47.5 Å². The number of hydrogen-bond donors (Lipinski definition) is 1. The molecule has 0 aliphatic heterocycles. The number of non-ortho nitro benzene ring substituents is 1. The van der Waals surface area contributed by atoms with Crippen LogP contribution in [0.25, 0.3) is 11.4 Å². The lowest BCUT2D eigenvalue weighted by molar-refractivity contribution is -0.384. The quantitative estimate of drug-likeness (QED) is 0.152. The molecular weight excluding hydrogens is 504 g/mol. The Kier molecular flexibility index (Phi) is 8.11. The number of nitro benzene ring substituents is 1. The van der Waals surface area contributed by atoms with E-state index in [1.165, 1.54) is 30.5 Å². The van der Waals surface area contributed by atoms with E-state index in [0.29, 0.717) is 21.6 Å². The number of nitro groups is 1. The lowest BCUT2D eigenvalue weighted by Gasteiger charge is -2.04. The number of thioether (sulfide) groups is 1. The maximum atomic E-state index is 12.3. The number of nitrogens with one attached hydrogen (secondary N) is 1. The highest BCUT2D eigenvalue weighted by atomic mass is 35.5. The van der Waals surface area contributed by atoms with Crippen molar-refractivity contribution in [3.8, 4) is 11.4 Å². The molecule has 4 aromatic rings. The average molecular weight is 521 g/mol. The van der Waals surface area contributed by atoms with E-state index in [1.807, 2.05) is 12.1 Å². The zero-order valence-corrected chi connectivity index (χ0v) is 20.0. The minimum atomic E-state index is -0.488. The van der Waals surface area contributed by atoms with Crippen molar-refractivity contribution in [3.05, 3.63) is 99.3 Å². The van der Waals surface area contributed by atoms with E-state index in [9.17, 15) is 14.9 Å². The van der Waals surface area contributed by atoms with Crippen molar-refractivity contribution < 1.29 is 9.72 Å². The van der Waals surface area contributed by atoms with Gasteiger partial charge in [-0.25, -0.2) is 5.43 Å². The van der Waals surface area contributed by atoms with Crippen LogP contribution in [-0.4, -0.2) is 48.9 Å². The summed E-state index contributed by atoms with van der Waals surface area (Å²) in [7, 11) is 0. The highest BCUT2D eigenvalue weighted by Crippen LogP contribution is 2.23. The Morgan fingerprint density at radius 2 is 1.69 bits per heavy atom. The smallest absolute Gasteiger partial charge is 0.269 e. The van der Waals surface area contributed by atoms with Crippen molar-refractivity contribution in [2.75, 3.05) is 5.75 Å². The zero-order valence-electron chi connectivity index (χ0n) is 18.4. The molecule has 0 unspecified atom stereocenters. The van der Waals surface area contributed by atoms with Crippen LogP contribution in [0.15, 0.2) is 88.4 Å². The number of halogens is 1. The van der Waals surface area contributed by atoms with Gasteiger partial charge in [0, 0.05) is 35.1 Å². The first-order valence-corrected chi connectivity index (χ1v) is 11.7. The number of pyridine rings is 1. The van der Waals surface area contributed by atoms with Crippen molar-refractivity contribution in [2.45, 2.75) is 5.16 Å². The number of rotatable bonds is 9. The van der Waals surface area contributed by atoms with Gasteiger partial charge in [0.1, 0.15) is 0 Å². The van der Waals surface area contributed by atoms with Gasteiger partial charge < -0.3 is 0 Å². The van der Waals surface area contributed by atoms with Gasteiger partial charge in [0.05, 0.1) is 23.1 Å². The molecule has 0 saturated carbocycles. The van der Waals surface area contributed by atoms with Crippen LogP contribution in [0.3, 0.4) is 0 Å². The van der Waals surface area contributed by atoms with Crippen LogP contribution in [0.1, 0.15) is 11.1 Å². The molecule has 0 aliphatic carbocycles. The van der Waals surface area contributed by atoms with E-state index < -0.39 is 4.92 Å². The van der Waals surface area contributed by atoms with Gasteiger partial charge >= 0.3 is 0 Å². The average Bonchev–Trinajstić information content (AvgIpc) is 3.30. The predicted molar refractivity (Wildman–Crippen MR) is 137 cm³/mol. The molecule has 13 heteroatoms. The van der Waals surface area contributed by atoms with Crippen molar-refractivity contribution >= 4 is 47.4 Å². The van der Waals surface area contributed by atoms with E-state index in [0.717, 1.165) is 22.9 Å². The Morgan fingerprint density at radius 1 is 1.03 bits per heavy atom. The number of carbonyl (C=O) groups is 1. The summed E-state index contributed by atoms with van der Waals surface area (Å²) in [6.07, 6.45) is 6.32. The second-order valence-electron chi connectivity index (χ2n) is 7.08. The molecule has 0 radical (unpaired) electrons. The fraction of sp³-hybridized carbons (Fsp3) is 0.0435. The predicted octanol–water partition coefficient (Wildman–Crippen LogP) is 4.03. The largest absolute Gasteiger partial charge is 0.272 e. The molecule has 1 N–H and O–H groups in total. The fourth-order valence-electron chi connectivity index (χ4n) is 2.84. The van der Waals surface area contributed by atoms with Gasteiger partial charge in [0.2, 0.25) is 5.16 Å². The third kappa shape index (κ3) is 6.58. The number of benzene rings is 2. The number of amides is 1. The molecule has 180 valence electrons. The molecule has 0 fully saturated rings. The van der Waals surface area contributed by atoms with E-state index in [-0.39, 0.29) is 17.3 Å². The summed E-state index contributed by atoms with van der Waals surface area (Å²) in [6.45, 7) is 0. The normalized spacial score (nSPS) is 11.2. The Hall–Kier alpha value is -4.42. The van der Waals surface area contributed by atoms with Crippen LogP contribution < -0.4 is 5.43 Å². The minimum Gasteiger partial charge on any atom is -0.272 e. The third-order valence-electron chi connectivity index (χ3n) is 4.58. The van der Waals surface area contributed by atoms with E-state index in [4.69, 9.17) is 11.6 Å². The summed E-state index contributed by atoms with van der Waals surface area (Å²) in [6, 6.07) is 16.5. The Balaban J connectivity index is 1.44. The molecule has 1 amide bonds. The molecule has 0 atom stereocenters. The van der Waals surface area contributed by atoms with Crippen molar-refractivity contribution in [2.24, 2.45) is 10.2 Å². The lowest BCUT2D eigenvalue weighted by atomic mass is 10.2.